The normalized spacial score (nSPS) is 12.5. The molecule has 3 aromatic carbocycles. The second kappa shape index (κ2) is 10.8. The maximum Gasteiger partial charge on any atom is 0.245 e. The van der Waals surface area contributed by atoms with Gasteiger partial charge < -0.3 is 5.32 Å². The monoisotopic (exact) mass is 554 g/mol. The number of halogens is 3. The highest BCUT2D eigenvalue weighted by Crippen LogP contribution is 2.28. The minimum atomic E-state index is -4.10. The number of hydrogen-bond acceptors (Lipinski definition) is 3. The van der Waals surface area contributed by atoms with Crippen LogP contribution in [-0.4, -0.2) is 25.2 Å². The van der Waals surface area contributed by atoms with E-state index in [4.69, 9.17) is 23.2 Å². The van der Waals surface area contributed by atoms with Crippen LogP contribution in [0.1, 0.15) is 24.1 Å². The van der Waals surface area contributed by atoms with E-state index in [-0.39, 0.29) is 34.1 Å². The first-order valence-electron chi connectivity index (χ1n) is 9.71. The van der Waals surface area contributed by atoms with Gasteiger partial charge in [0.2, 0.25) is 15.9 Å². The van der Waals surface area contributed by atoms with Gasteiger partial charge in [-0.3, -0.25) is 4.79 Å². The maximum atomic E-state index is 13.4. The molecule has 168 valence electrons. The van der Waals surface area contributed by atoms with Crippen LogP contribution >= 0.6 is 39.1 Å². The molecule has 1 N–H and O–H groups in total. The van der Waals surface area contributed by atoms with Gasteiger partial charge in [0.1, 0.15) is 4.90 Å². The van der Waals surface area contributed by atoms with E-state index in [1.54, 1.807) is 12.1 Å². The van der Waals surface area contributed by atoms with Gasteiger partial charge in [-0.15, -0.1) is 0 Å². The quantitative estimate of drug-likeness (QED) is 0.380. The van der Waals surface area contributed by atoms with Crippen molar-refractivity contribution < 1.29 is 13.2 Å². The third kappa shape index (κ3) is 6.33. The van der Waals surface area contributed by atoms with Crippen LogP contribution in [-0.2, 0) is 21.4 Å². The lowest BCUT2D eigenvalue weighted by molar-refractivity contribution is -0.122. The van der Waals surface area contributed by atoms with Crippen molar-refractivity contribution in [2.24, 2.45) is 0 Å². The molecule has 0 spiro atoms. The zero-order valence-corrected chi connectivity index (χ0v) is 21.0. The van der Waals surface area contributed by atoms with E-state index in [2.05, 4.69) is 21.2 Å². The summed E-state index contributed by atoms with van der Waals surface area (Å²) in [4.78, 5) is 12.7. The molecule has 0 saturated carbocycles. The first kappa shape index (κ1) is 24.7. The molecular formula is C23H21BrCl2N2O3S. The van der Waals surface area contributed by atoms with E-state index < -0.39 is 15.9 Å². The zero-order chi connectivity index (χ0) is 23.3. The summed E-state index contributed by atoms with van der Waals surface area (Å²) in [5, 5.41) is 3.14. The molecule has 0 radical (unpaired) electrons. The van der Waals surface area contributed by atoms with Crippen LogP contribution in [0.5, 0.6) is 0 Å². The van der Waals surface area contributed by atoms with Gasteiger partial charge in [0.25, 0.3) is 0 Å². The molecule has 3 rings (SSSR count). The molecular weight excluding hydrogens is 535 g/mol. The molecule has 1 atom stereocenters. The van der Waals surface area contributed by atoms with E-state index in [0.29, 0.717) is 0 Å². The highest BCUT2D eigenvalue weighted by molar-refractivity contribution is 9.10. The Morgan fingerprint density at radius 1 is 1.03 bits per heavy atom. The van der Waals surface area contributed by atoms with Crippen LogP contribution in [0.25, 0.3) is 0 Å². The fourth-order valence-corrected chi connectivity index (χ4v) is 5.49. The van der Waals surface area contributed by atoms with E-state index in [1.807, 2.05) is 49.4 Å². The summed E-state index contributed by atoms with van der Waals surface area (Å²) >= 11 is 15.6. The number of carbonyl (C=O) groups is 1. The highest BCUT2D eigenvalue weighted by atomic mass is 79.9. The minimum Gasteiger partial charge on any atom is -0.348 e. The van der Waals surface area contributed by atoms with Crippen LogP contribution in [0.15, 0.2) is 82.2 Å². The number of hydrogen-bond donors (Lipinski definition) is 1. The largest absolute Gasteiger partial charge is 0.348 e. The molecule has 5 nitrogen and oxygen atoms in total. The number of amides is 1. The lowest BCUT2D eigenvalue weighted by atomic mass is 10.1. The molecule has 32 heavy (non-hydrogen) atoms. The Labute approximate surface area is 206 Å². The average molecular weight is 556 g/mol. The molecule has 0 heterocycles. The van der Waals surface area contributed by atoms with Gasteiger partial charge in [0.15, 0.2) is 0 Å². The lowest BCUT2D eigenvalue weighted by Gasteiger charge is -2.24. The van der Waals surface area contributed by atoms with Crippen molar-refractivity contribution in [2.75, 3.05) is 6.54 Å². The lowest BCUT2D eigenvalue weighted by Crippen LogP contribution is -2.41. The summed E-state index contributed by atoms with van der Waals surface area (Å²) in [6, 6.07) is 20.5. The van der Waals surface area contributed by atoms with Crippen molar-refractivity contribution in [1.82, 2.24) is 9.62 Å². The van der Waals surface area contributed by atoms with Gasteiger partial charge in [-0.05, 0) is 48.4 Å². The van der Waals surface area contributed by atoms with E-state index >= 15 is 0 Å². The van der Waals surface area contributed by atoms with Crippen LogP contribution in [0.4, 0.5) is 0 Å². The number of sulfonamides is 1. The third-order valence-corrected chi connectivity index (χ3v) is 7.82. The summed E-state index contributed by atoms with van der Waals surface area (Å²) in [7, 11) is -4.10. The molecule has 9 heteroatoms. The molecule has 0 aliphatic rings. The Morgan fingerprint density at radius 2 is 1.69 bits per heavy atom. The molecule has 0 aliphatic carbocycles. The molecule has 0 aromatic heterocycles. The van der Waals surface area contributed by atoms with Crippen LogP contribution in [0, 0.1) is 0 Å². The standard InChI is InChI=1S/C23H21BrCl2N2O3S/c1-16(18-7-9-19(24)10-8-18)27-23(29)15-28(14-17-5-3-2-4-6-17)32(30,31)22-13-20(25)11-12-21(22)26/h2-13,16H,14-15H2,1H3,(H,27,29)/t16-/m1/s1. The molecule has 0 unspecified atom stereocenters. The van der Waals surface area contributed by atoms with Crippen molar-refractivity contribution >= 4 is 55.1 Å². The molecule has 3 aromatic rings. The topological polar surface area (TPSA) is 66.5 Å². The SMILES string of the molecule is C[C@@H](NC(=O)CN(Cc1ccccc1)S(=O)(=O)c1cc(Cl)ccc1Cl)c1ccc(Br)cc1. The predicted octanol–water partition coefficient (Wildman–Crippen LogP) is 5.82. The first-order chi connectivity index (χ1) is 15.2. The van der Waals surface area contributed by atoms with Gasteiger partial charge in [-0.25, -0.2) is 8.42 Å². The summed E-state index contributed by atoms with van der Waals surface area (Å²) < 4.78 is 28.9. The maximum absolute atomic E-state index is 13.4. The van der Waals surface area contributed by atoms with Crippen molar-refractivity contribution in [3.05, 3.63) is 98.4 Å². The molecule has 0 aliphatic heterocycles. The van der Waals surface area contributed by atoms with Crippen LogP contribution < -0.4 is 5.32 Å². The minimum absolute atomic E-state index is 0.00605. The Bertz CT molecular complexity index is 1190. The van der Waals surface area contributed by atoms with Crippen molar-refractivity contribution in [1.29, 1.82) is 0 Å². The summed E-state index contributed by atoms with van der Waals surface area (Å²) in [6.45, 7) is 1.47. The van der Waals surface area contributed by atoms with Crippen molar-refractivity contribution in [3.8, 4) is 0 Å². The number of benzene rings is 3. The van der Waals surface area contributed by atoms with Gasteiger partial charge in [-0.1, -0.05) is 81.6 Å². The van der Waals surface area contributed by atoms with E-state index in [9.17, 15) is 13.2 Å². The first-order valence-corrected chi connectivity index (χ1v) is 12.7. The van der Waals surface area contributed by atoms with Crippen LogP contribution in [0.2, 0.25) is 10.0 Å². The van der Waals surface area contributed by atoms with E-state index in [1.165, 1.54) is 18.2 Å². The molecule has 0 saturated heterocycles. The second-order valence-electron chi connectivity index (χ2n) is 7.17. The molecule has 0 bridgehead atoms. The van der Waals surface area contributed by atoms with Crippen molar-refractivity contribution in [2.45, 2.75) is 24.4 Å². The number of carbonyl (C=O) groups excluding carboxylic acids is 1. The molecule has 0 fully saturated rings. The Morgan fingerprint density at radius 3 is 2.34 bits per heavy atom. The average Bonchev–Trinajstić information content (AvgIpc) is 2.76. The van der Waals surface area contributed by atoms with Gasteiger partial charge in [-0.2, -0.15) is 4.31 Å². The fourth-order valence-electron chi connectivity index (χ4n) is 3.11. The van der Waals surface area contributed by atoms with Gasteiger partial charge >= 0.3 is 0 Å². The third-order valence-electron chi connectivity index (χ3n) is 4.78. The number of rotatable bonds is 8. The van der Waals surface area contributed by atoms with Gasteiger partial charge in [0.05, 0.1) is 17.6 Å². The van der Waals surface area contributed by atoms with Crippen LogP contribution in [0.3, 0.4) is 0 Å². The Kier molecular flexibility index (Phi) is 8.36. The number of nitrogens with one attached hydrogen (secondary N) is 1. The number of nitrogens with zero attached hydrogens (tertiary/aromatic N) is 1. The van der Waals surface area contributed by atoms with Gasteiger partial charge in [0, 0.05) is 16.0 Å². The second-order valence-corrected chi connectivity index (χ2v) is 10.8. The fraction of sp³-hybridized carbons (Fsp3) is 0.174. The summed E-state index contributed by atoms with van der Waals surface area (Å²) in [5.41, 5.74) is 1.64. The highest BCUT2D eigenvalue weighted by Gasteiger charge is 2.29. The molecule has 1 amide bonds. The Hall–Kier alpha value is -1.90. The Balaban J connectivity index is 1.86. The van der Waals surface area contributed by atoms with Crippen molar-refractivity contribution in [3.63, 3.8) is 0 Å². The summed E-state index contributed by atoms with van der Waals surface area (Å²) in [6.07, 6.45) is 0. The summed E-state index contributed by atoms with van der Waals surface area (Å²) in [5.74, 6) is -0.432. The van der Waals surface area contributed by atoms with E-state index in [0.717, 1.165) is 19.9 Å². The predicted molar refractivity (Wildman–Crippen MR) is 131 cm³/mol. The zero-order valence-electron chi connectivity index (χ0n) is 17.1. The smallest absolute Gasteiger partial charge is 0.245 e.